The third-order valence-corrected chi connectivity index (χ3v) is 4.20. The number of carbonyl (C=O) groups excluding carboxylic acids is 2. The van der Waals surface area contributed by atoms with Gasteiger partial charge in [0.1, 0.15) is 12.4 Å². The number of para-hydroxylation sites is 3. The summed E-state index contributed by atoms with van der Waals surface area (Å²) in [6.45, 7) is 3.93. The van der Waals surface area contributed by atoms with E-state index < -0.39 is 0 Å². The molecule has 0 saturated heterocycles. The second-order valence-electron chi connectivity index (χ2n) is 6.07. The Kier molecular flexibility index (Phi) is 5.31. The second kappa shape index (κ2) is 7.82. The largest absolute Gasteiger partial charge is 0.349 e. The van der Waals surface area contributed by atoms with E-state index in [-0.39, 0.29) is 24.9 Å². The number of fused-ring (bicyclic) bond motifs is 1. The second-order valence-corrected chi connectivity index (χ2v) is 6.07. The summed E-state index contributed by atoms with van der Waals surface area (Å²) in [5.41, 5.74) is 3.59. The van der Waals surface area contributed by atoms with Crippen molar-refractivity contribution in [1.82, 2.24) is 14.9 Å². The van der Waals surface area contributed by atoms with Crippen molar-refractivity contribution in [1.29, 1.82) is 0 Å². The molecule has 6 nitrogen and oxygen atoms in total. The number of nitrogens with zero attached hydrogens (tertiary/aromatic N) is 2. The Hall–Kier alpha value is -3.15. The van der Waals surface area contributed by atoms with Gasteiger partial charge in [0.05, 0.1) is 17.6 Å². The summed E-state index contributed by atoms with van der Waals surface area (Å²) in [5.74, 6) is 0.392. The number of anilines is 1. The number of aryl methyl sites for hydroxylation is 1. The van der Waals surface area contributed by atoms with E-state index in [1.807, 2.05) is 53.1 Å². The molecule has 0 bridgehead atoms. The smallest absolute Gasteiger partial charge is 0.244 e. The van der Waals surface area contributed by atoms with Crippen molar-refractivity contribution in [3.63, 3.8) is 0 Å². The molecule has 1 aromatic heterocycles. The zero-order chi connectivity index (χ0) is 18.5. The standard InChI is InChI=1S/C20H22N4O2/c1-3-15-8-4-5-9-16(15)23-20(26)13-24-18-11-7-6-10-17(18)22-19(24)12-21-14(2)25/h4-11H,3,12-13H2,1-2H3,(H,21,25)(H,23,26). The first-order valence-corrected chi connectivity index (χ1v) is 8.64. The van der Waals surface area contributed by atoms with E-state index in [0.29, 0.717) is 5.82 Å². The van der Waals surface area contributed by atoms with E-state index in [1.54, 1.807) is 0 Å². The molecule has 0 aliphatic carbocycles. The Labute approximate surface area is 152 Å². The van der Waals surface area contributed by atoms with Crippen LogP contribution in [0.2, 0.25) is 0 Å². The fourth-order valence-corrected chi connectivity index (χ4v) is 2.92. The topological polar surface area (TPSA) is 76.0 Å². The van der Waals surface area contributed by atoms with Gasteiger partial charge in [-0.3, -0.25) is 9.59 Å². The summed E-state index contributed by atoms with van der Waals surface area (Å²) < 4.78 is 1.84. The molecule has 0 atom stereocenters. The van der Waals surface area contributed by atoms with E-state index in [4.69, 9.17) is 0 Å². The maximum atomic E-state index is 12.6. The lowest BCUT2D eigenvalue weighted by molar-refractivity contribution is -0.119. The Morgan fingerprint density at radius 2 is 1.81 bits per heavy atom. The van der Waals surface area contributed by atoms with Gasteiger partial charge in [-0.25, -0.2) is 4.98 Å². The number of aromatic nitrogens is 2. The van der Waals surface area contributed by atoms with Gasteiger partial charge in [0, 0.05) is 12.6 Å². The molecule has 1 heterocycles. The Bertz CT molecular complexity index is 946. The van der Waals surface area contributed by atoms with Crippen LogP contribution in [-0.2, 0) is 29.1 Å². The zero-order valence-electron chi connectivity index (χ0n) is 15.0. The molecular formula is C20H22N4O2. The molecule has 0 fully saturated rings. The highest BCUT2D eigenvalue weighted by Crippen LogP contribution is 2.18. The van der Waals surface area contributed by atoms with Crippen molar-refractivity contribution in [3.05, 3.63) is 59.9 Å². The van der Waals surface area contributed by atoms with E-state index in [1.165, 1.54) is 6.92 Å². The van der Waals surface area contributed by atoms with Crippen LogP contribution in [0.5, 0.6) is 0 Å². The average Bonchev–Trinajstić information content (AvgIpc) is 2.98. The van der Waals surface area contributed by atoms with Crippen LogP contribution in [-0.4, -0.2) is 21.4 Å². The van der Waals surface area contributed by atoms with Gasteiger partial charge < -0.3 is 15.2 Å². The van der Waals surface area contributed by atoms with Gasteiger partial charge in [-0.2, -0.15) is 0 Å². The van der Waals surface area contributed by atoms with Crippen molar-refractivity contribution >= 4 is 28.5 Å². The first-order valence-electron chi connectivity index (χ1n) is 8.64. The molecule has 3 aromatic rings. The van der Waals surface area contributed by atoms with Gasteiger partial charge in [-0.15, -0.1) is 0 Å². The third kappa shape index (κ3) is 3.91. The summed E-state index contributed by atoms with van der Waals surface area (Å²) in [6.07, 6.45) is 0.845. The van der Waals surface area contributed by atoms with Gasteiger partial charge in [0.2, 0.25) is 11.8 Å². The van der Waals surface area contributed by atoms with E-state index >= 15 is 0 Å². The Morgan fingerprint density at radius 1 is 1.08 bits per heavy atom. The summed E-state index contributed by atoms with van der Waals surface area (Å²) >= 11 is 0. The van der Waals surface area contributed by atoms with Gasteiger partial charge >= 0.3 is 0 Å². The van der Waals surface area contributed by atoms with E-state index in [0.717, 1.165) is 28.7 Å². The molecule has 0 aliphatic rings. The lowest BCUT2D eigenvalue weighted by atomic mass is 10.1. The number of benzene rings is 2. The Morgan fingerprint density at radius 3 is 2.58 bits per heavy atom. The van der Waals surface area contributed by atoms with Crippen LogP contribution < -0.4 is 10.6 Å². The van der Waals surface area contributed by atoms with Crippen molar-refractivity contribution in [2.24, 2.45) is 0 Å². The van der Waals surface area contributed by atoms with Crippen LogP contribution in [0.4, 0.5) is 5.69 Å². The number of amides is 2. The fourth-order valence-electron chi connectivity index (χ4n) is 2.92. The molecule has 6 heteroatoms. The van der Waals surface area contributed by atoms with Crippen LogP contribution in [0.25, 0.3) is 11.0 Å². The van der Waals surface area contributed by atoms with Gasteiger partial charge in [0.25, 0.3) is 0 Å². The predicted octanol–water partition coefficient (Wildman–Crippen LogP) is 2.87. The van der Waals surface area contributed by atoms with Crippen molar-refractivity contribution in [2.45, 2.75) is 33.4 Å². The molecule has 26 heavy (non-hydrogen) atoms. The monoisotopic (exact) mass is 350 g/mol. The molecule has 2 N–H and O–H groups in total. The summed E-state index contributed by atoms with van der Waals surface area (Å²) in [7, 11) is 0. The highest BCUT2D eigenvalue weighted by molar-refractivity contribution is 5.92. The molecule has 3 rings (SSSR count). The Balaban J connectivity index is 1.85. The zero-order valence-corrected chi connectivity index (χ0v) is 15.0. The summed E-state index contributed by atoms with van der Waals surface area (Å²) in [4.78, 5) is 28.4. The lowest BCUT2D eigenvalue weighted by Gasteiger charge is -2.12. The van der Waals surface area contributed by atoms with Crippen molar-refractivity contribution < 1.29 is 9.59 Å². The normalized spacial score (nSPS) is 10.7. The van der Waals surface area contributed by atoms with Crippen molar-refractivity contribution in [2.75, 3.05) is 5.32 Å². The maximum absolute atomic E-state index is 12.6. The minimum atomic E-state index is -0.134. The minimum absolute atomic E-state index is 0.127. The van der Waals surface area contributed by atoms with Gasteiger partial charge in [-0.05, 0) is 30.2 Å². The fraction of sp³-hybridized carbons (Fsp3) is 0.250. The number of nitrogens with one attached hydrogen (secondary N) is 2. The quantitative estimate of drug-likeness (QED) is 0.718. The molecule has 2 amide bonds. The molecule has 0 unspecified atom stereocenters. The van der Waals surface area contributed by atoms with Crippen LogP contribution in [0.1, 0.15) is 25.2 Å². The average molecular weight is 350 g/mol. The summed E-state index contributed by atoms with van der Waals surface area (Å²) in [5, 5.41) is 5.73. The van der Waals surface area contributed by atoms with Crippen LogP contribution >= 0.6 is 0 Å². The molecule has 0 spiro atoms. The molecule has 0 saturated carbocycles. The first-order chi connectivity index (χ1) is 12.6. The molecule has 0 aliphatic heterocycles. The van der Waals surface area contributed by atoms with Gasteiger partial charge in [-0.1, -0.05) is 37.3 Å². The number of carbonyl (C=O) groups is 2. The maximum Gasteiger partial charge on any atom is 0.244 e. The molecule has 134 valence electrons. The molecule has 2 aromatic carbocycles. The summed E-state index contributed by atoms with van der Waals surface area (Å²) in [6, 6.07) is 15.4. The van der Waals surface area contributed by atoms with E-state index in [2.05, 4.69) is 22.5 Å². The molecule has 0 radical (unpaired) electrons. The minimum Gasteiger partial charge on any atom is -0.349 e. The highest BCUT2D eigenvalue weighted by Gasteiger charge is 2.14. The number of rotatable bonds is 6. The van der Waals surface area contributed by atoms with Crippen LogP contribution in [0, 0.1) is 0 Å². The van der Waals surface area contributed by atoms with E-state index in [9.17, 15) is 9.59 Å². The molecular weight excluding hydrogens is 328 g/mol. The predicted molar refractivity (Wildman–Crippen MR) is 102 cm³/mol. The van der Waals surface area contributed by atoms with Crippen LogP contribution in [0.15, 0.2) is 48.5 Å². The number of imidazole rings is 1. The number of hydrogen-bond acceptors (Lipinski definition) is 3. The SMILES string of the molecule is CCc1ccccc1NC(=O)Cn1c(CNC(C)=O)nc2ccccc21. The first kappa shape index (κ1) is 17.7. The van der Waals surface area contributed by atoms with Gasteiger partial charge in [0.15, 0.2) is 0 Å². The number of hydrogen-bond donors (Lipinski definition) is 2. The third-order valence-electron chi connectivity index (χ3n) is 4.20. The van der Waals surface area contributed by atoms with Crippen molar-refractivity contribution in [3.8, 4) is 0 Å². The lowest BCUT2D eigenvalue weighted by Crippen LogP contribution is -2.25. The highest BCUT2D eigenvalue weighted by atomic mass is 16.2. The van der Waals surface area contributed by atoms with Crippen LogP contribution in [0.3, 0.4) is 0 Å².